The lowest BCUT2D eigenvalue weighted by Gasteiger charge is -2.48. The molecule has 1 aromatic carbocycles. The van der Waals surface area contributed by atoms with E-state index in [0.29, 0.717) is 13.0 Å². The zero-order chi connectivity index (χ0) is 20.6. The highest BCUT2D eigenvalue weighted by Gasteiger charge is 2.49. The molecule has 0 bridgehead atoms. The van der Waals surface area contributed by atoms with E-state index in [9.17, 15) is 4.79 Å². The van der Waals surface area contributed by atoms with Crippen molar-refractivity contribution < 1.29 is 23.8 Å². The molecule has 7 nitrogen and oxygen atoms in total. The maximum atomic E-state index is 12.2. The number of halogens is 1. The molecule has 0 radical (unpaired) electrons. The molecule has 1 aromatic rings. The van der Waals surface area contributed by atoms with Crippen LogP contribution < -0.4 is 10.5 Å². The van der Waals surface area contributed by atoms with E-state index in [1.165, 1.54) is 7.05 Å². The first-order valence-corrected chi connectivity index (χ1v) is 10.3. The lowest BCUT2D eigenvalue weighted by atomic mass is 9.75. The van der Waals surface area contributed by atoms with Crippen molar-refractivity contribution in [3.8, 4) is 5.75 Å². The molecule has 1 amide bonds. The topological polar surface area (TPSA) is 83.3 Å². The average Bonchev–Trinajstić information content (AvgIpc) is 2.60. The third-order valence-electron chi connectivity index (χ3n) is 4.89. The summed E-state index contributed by atoms with van der Waals surface area (Å²) in [6.45, 7) is 6.75. The quantitative estimate of drug-likeness (QED) is 0.697. The van der Waals surface area contributed by atoms with Gasteiger partial charge in [0.05, 0.1) is 18.8 Å². The van der Waals surface area contributed by atoms with Crippen LogP contribution in [0.2, 0.25) is 0 Å². The lowest BCUT2D eigenvalue weighted by molar-refractivity contribution is -0.160. The van der Waals surface area contributed by atoms with E-state index < -0.39 is 22.8 Å². The number of carbonyl (C=O) groups excluding carboxylic acids is 1. The number of nitrogens with two attached hydrogens (primary N) is 1. The van der Waals surface area contributed by atoms with Gasteiger partial charge in [0.25, 0.3) is 0 Å². The predicted molar refractivity (Wildman–Crippen MR) is 108 cm³/mol. The predicted octanol–water partition coefficient (Wildman–Crippen LogP) is 3.73. The number of benzene rings is 1. The third kappa shape index (κ3) is 4.79. The third-order valence-corrected chi connectivity index (χ3v) is 5.39. The monoisotopic (exact) mass is 456 g/mol. The van der Waals surface area contributed by atoms with Crippen LogP contribution in [0.3, 0.4) is 0 Å². The van der Waals surface area contributed by atoms with Crippen LogP contribution in [0.5, 0.6) is 5.75 Å². The fraction of sp³-hybridized carbons (Fsp3) is 0.650. The molecule has 156 valence electrons. The fourth-order valence-corrected chi connectivity index (χ4v) is 4.05. The van der Waals surface area contributed by atoms with E-state index in [1.807, 2.05) is 39.0 Å². The van der Waals surface area contributed by atoms with Gasteiger partial charge in [-0.25, -0.2) is 4.79 Å². The van der Waals surface area contributed by atoms with E-state index in [-0.39, 0.29) is 6.61 Å². The first-order valence-electron chi connectivity index (χ1n) is 9.47. The Labute approximate surface area is 174 Å². The van der Waals surface area contributed by atoms with Crippen LogP contribution in [-0.4, -0.2) is 49.2 Å². The molecular formula is C20H29BrN2O5. The summed E-state index contributed by atoms with van der Waals surface area (Å²) in [7, 11) is 1.53. The Bertz CT molecular complexity index is 730. The number of hydrogen-bond donors (Lipinski definition) is 1. The van der Waals surface area contributed by atoms with Crippen molar-refractivity contribution in [1.29, 1.82) is 0 Å². The summed E-state index contributed by atoms with van der Waals surface area (Å²) in [4.78, 5) is 18.0. The second-order valence-electron chi connectivity index (χ2n) is 8.67. The van der Waals surface area contributed by atoms with E-state index in [4.69, 9.17) is 24.8 Å². The van der Waals surface area contributed by atoms with Crippen molar-refractivity contribution in [2.45, 2.75) is 56.8 Å². The molecule has 2 aliphatic heterocycles. The fourth-order valence-electron chi connectivity index (χ4n) is 3.69. The molecular weight excluding hydrogens is 428 g/mol. The first-order chi connectivity index (χ1) is 13.0. The Morgan fingerprint density at radius 2 is 2.14 bits per heavy atom. The zero-order valence-electron chi connectivity index (χ0n) is 16.9. The minimum atomic E-state index is -0.839. The molecule has 2 atom stereocenters. The number of hydrogen-bond acceptors (Lipinski definition) is 6. The average molecular weight is 457 g/mol. The van der Waals surface area contributed by atoms with Crippen molar-refractivity contribution in [3.05, 3.63) is 28.2 Å². The van der Waals surface area contributed by atoms with Gasteiger partial charge >= 0.3 is 6.09 Å². The number of ether oxygens (including phenoxy) is 3. The zero-order valence-corrected chi connectivity index (χ0v) is 18.5. The Morgan fingerprint density at radius 3 is 2.79 bits per heavy atom. The molecule has 2 aliphatic rings. The smallest absolute Gasteiger partial charge is 0.434 e. The van der Waals surface area contributed by atoms with Crippen LogP contribution in [0.25, 0.3) is 0 Å². The van der Waals surface area contributed by atoms with Crippen LogP contribution in [-0.2, 0) is 19.9 Å². The molecule has 28 heavy (non-hydrogen) atoms. The highest BCUT2D eigenvalue weighted by Crippen LogP contribution is 2.46. The van der Waals surface area contributed by atoms with Gasteiger partial charge in [-0.3, -0.25) is 4.84 Å². The van der Waals surface area contributed by atoms with E-state index in [1.54, 1.807) is 0 Å². The van der Waals surface area contributed by atoms with Gasteiger partial charge in [0.1, 0.15) is 17.0 Å². The van der Waals surface area contributed by atoms with Crippen LogP contribution >= 0.6 is 15.9 Å². The Balaban J connectivity index is 1.81. The molecule has 1 fully saturated rings. The minimum Gasteiger partial charge on any atom is -0.484 e. The Morgan fingerprint density at radius 1 is 1.39 bits per heavy atom. The standard InChI is InChI=1S/C20H29BrN2O5/c1-18(2,3)28-17(24)23(4)26-13-20(22)11-19(8-5-9-25-12-19)27-16-7-6-14(21)10-15(16)20/h6-7,10H,5,8-9,11-13,22H2,1-4H3. The number of carbonyl (C=O) groups is 1. The molecule has 2 unspecified atom stereocenters. The maximum Gasteiger partial charge on any atom is 0.434 e. The van der Waals surface area contributed by atoms with Crippen LogP contribution in [0, 0.1) is 0 Å². The van der Waals surface area contributed by atoms with Gasteiger partial charge in [-0.15, -0.1) is 0 Å². The lowest BCUT2D eigenvalue weighted by Crippen LogP contribution is -2.58. The molecule has 1 saturated heterocycles. The second-order valence-corrected chi connectivity index (χ2v) is 9.58. The second kappa shape index (κ2) is 7.82. The summed E-state index contributed by atoms with van der Waals surface area (Å²) in [5.41, 5.74) is 5.78. The summed E-state index contributed by atoms with van der Waals surface area (Å²) in [5, 5.41) is 1.09. The van der Waals surface area contributed by atoms with Gasteiger partial charge in [-0.1, -0.05) is 15.9 Å². The van der Waals surface area contributed by atoms with Crippen LogP contribution in [0.4, 0.5) is 4.79 Å². The Kier molecular flexibility index (Phi) is 5.96. The van der Waals surface area contributed by atoms with Crippen LogP contribution in [0.15, 0.2) is 22.7 Å². The van der Waals surface area contributed by atoms with E-state index in [0.717, 1.165) is 40.3 Å². The maximum absolute atomic E-state index is 12.2. The van der Waals surface area contributed by atoms with Gasteiger partial charge in [-0.05, 0) is 51.8 Å². The van der Waals surface area contributed by atoms with Gasteiger partial charge in [0.2, 0.25) is 0 Å². The van der Waals surface area contributed by atoms with Crippen molar-refractivity contribution in [3.63, 3.8) is 0 Å². The highest BCUT2D eigenvalue weighted by molar-refractivity contribution is 9.10. The molecule has 3 rings (SSSR count). The summed E-state index contributed by atoms with van der Waals surface area (Å²) < 4.78 is 18.3. The number of rotatable bonds is 3. The number of hydroxylamine groups is 2. The number of amides is 1. The number of nitrogens with zero attached hydrogens (tertiary/aromatic N) is 1. The van der Waals surface area contributed by atoms with Gasteiger partial charge in [0, 0.05) is 30.1 Å². The normalized spacial score (nSPS) is 27.1. The largest absolute Gasteiger partial charge is 0.484 e. The minimum absolute atomic E-state index is 0.108. The molecule has 1 spiro atoms. The molecule has 0 saturated carbocycles. The van der Waals surface area contributed by atoms with Gasteiger partial charge in [0.15, 0.2) is 0 Å². The molecule has 0 aliphatic carbocycles. The molecule has 0 aromatic heterocycles. The van der Waals surface area contributed by atoms with E-state index in [2.05, 4.69) is 15.9 Å². The van der Waals surface area contributed by atoms with Crippen molar-refractivity contribution in [1.82, 2.24) is 5.06 Å². The van der Waals surface area contributed by atoms with Crippen molar-refractivity contribution >= 4 is 22.0 Å². The number of fused-ring (bicyclic) bond motifs is 1. The summed E-state index contributed by atoms with van der Waals surface area (Å²) in [6, 6.07) is 5.78. The SMILES string of the molecule is CN(OCC1(N)CC2(CCCOC2)Oc2ccc(Br)cc21)C(=O)OC(C)(C)C. The summed E-state index contributed by atoms with van der Waals surface area (Å²) in [5.74, 6) is 0.728. The van der Waals surface area contributed by atoms with Crippen molar-refractivity contribution in [2.75, 3.05) is 26.9 Å². The molecule has 8 heteroatoms. The molecule has 2 heterocycles. The first kappa shape index (κ1) is 21.4. The van der Waals surface area contributed by atoms with Crippen molar-refractivity contribution in [2.24, 2.45) is 5.73 Å². The van der Waals surface area contributed by atoms with Crippen LogP contribution in [0.1, 0.15) is 45.6 Å². The highest BCUT2D eigenvalue weighted by atomic mass is 79.9. The van der Waals surface area contributed by atoms with Gasteiger partial charge in [-0.2, -0.15) is 5.06 Å². The summed E-state index contributed by atoms with van der Waals surface area (Å²) in [6.07, 6.45) is 1.75. The van der Waals surface area contributed by atoms with Gasteiger partial charge < -0.3 is 19.9 Å². The summed E-state index contributed by atoms with van der Waals surface area (Å²) >= 11 is 3.50. The van der Waals surface area contributed by atoms with E-state index >= 15 is 0 Å². The Hall–Kier alpha value is -1.35. The molecule has 2 N–H and O–H groups in total.